The first kappa shape index (κ1) is 11.5. The van der Waals surface area contributed by atoms with Gasteiger partial charge in [-0.25, -0.2) is 4.79 Å². The van der Waals surface area contributed by atoms with Crippen LogP contribution in [0.3, 0.4) is 0 Å². The molecule has 1 atom stereocenters. The van der Waals surface area contributed by atoms with Crippen molar-refractivity contribution in [1.82, 2.24) is 15.1 Å². The number of carboxylic acid groups (broad SMARTS) is 1. The first-order valence-electron chi connectivity index (χ1n) is 4.79. The lowest BCUT2D eigenvalue weighted by Gasteiger charge is -2.11. The Hall–Kier alpha value is -1.62. The molecule has 0 aliphatic heterocycles. The molecular weight excluding hydrogens is 194 g/mol. The molecule has 1 heterocycles. The summed E-state index contributed by atoms with van der Waals surface area (Å²) in [5, 5.41) is 15.6. The zero-order valence-electron chi connectivity index (χ0n) is 8.63. The lowest BCUT2D eigenvalue weighted by molar-refractivity contribution is -0.131. The first-order chi connectivity index (χ1) is 7.18. The Labute approximate surface area is 88.4 Å². The van der Waals surface area contributed by atoms with Crippen molar-refractivity contribution < 1.29 is 9.90 Å². The Morgan fingerprint density at radius 2 is 2.53 bits per heavy atom. The number of hydrogen-bond donors (Lipinski definition) is 2. The van der Waals surface area contributed by atoms with Crippen LogP contribution in [0.15, 0.2) is 30.6 Å². The number of aromatic nitrogens is 2. The van der Waals surface area contributed by atoms with Gasteiger partial charge in [0.05, 0.1) is 6.54 Å². The molecule has 0 amide bonds. The van der Waals surface area contributed by atoms with Crippen molar-refractivity contribution in [2.75, 3.05) is 6.54 Å². The van der Waals surface area contributed by atoms with Crippen molar-refractivity contribution in [3.05, 3.63) is 30.6 Å². The minimum Gasteiger partial charge on any atom is -0.478 e. The predicted molar refractivity (Wildman–Crippen MR) is 56.5 cm³/mol. The normalized spacial score (nSPS) is 13.1. The van der Waals surface area contributed by atoms with Gasteiger partial charge in [0.2, 0.25) is 0 Å². The molecule has 15 heavy (non-hydrogen) atoms. The molecule has 0 aliphatic rings. The molecule has 1 rings (SSSR count). The van der Waals surface area contributed by atoms with Gasteiger partial charge in [-0.05, 0) is 13.0 Å². The second-order valence-corrected chi connectivity index (χ2v) is 3.28. The number of rotatable bonds is 6. The summed E-state index contributed by atoms with van der Waals surface area (Å²) in [6, 6.07) is 2.13. The summed E-state index contributed by atoms with van der Waals surface area (Å²) >= 11 is 0. The van der Waals surface area contributed by atoms with Crippen molar-refractivity contribution in [2.45, 2.75) is 19.5 Å². The van der Waals surface area contributed by atoms with Crippen molar-refractivity contribution in [3.63, 3.8) is 0 Å². The summed E-state index contributed by atoms with van der Waals surface area (Å²) in [6.45, 7) is 3.35. The number of nitrogens with one attached hydrogen (secondary N) is 1. The van der Waals surface area contributed by atoms with E-state index in [1.54, 1.807) is 12.3 Å². The van der Waals surface area contributed by atoms with Crippen molar-refractivity contribution in [1.29, 1.82) is 0 Å². The third-order valence-electron chi connectivity index (χ3n) is 1.86. The fourth-order valence-electron chi connectivity index (χ4n) is 1.18. The predicted octanol–water partition coefficient (Wildman–Crippen LogP) is 0.502. The number of aliphatic carboxylic acids is 1. The highest BCUT2D eigenvalue weighted by atomic mass is 16.4. The quantitative estimate of drug-likeness (QED) is 0.670. The molecule has 0 bridgehead atoms. The number of nitrogens with zero attached hydrogens (tertiary/aromatic N) is 2. The monoisotopic (exact) mass is 209 g/mol. The molecule has 82 valence electrons. The van der Waals surface area contributed by atoms with Crippen LogP contribution in [-0.2, 0) is 11.3 Å². The van der Waals surface area contributed by atoms with Crippen LogP contribution in [0.1, 0.15) is 6.92 Å². The summed E-state index contributed by atoms with van der Waals surface area (Å²) in [4.78, 5) is 10.2. The average Bonchev–Trinajstić information content (AvgIpc) is 2.64. The highest BCUT2D eigenvalue weighted by Gasteiger charge is 2.00. The molecule has 1 unspecified atom stereocenters. The molecular formula is C10H15N3O2. The zero-order chi connectivity index (χ0) is 11.1. The van der Waals surface area contributed by atoms with Gasteiger partial charge >= 0.3 is 5.97 Å². The Balaban J connectivity index is 2.19. The summed E-state index contributed by atoms with van der Waals surface area (Å²) in [5.41, 5.74) is 0. The molecule has 0 radical (unpaired) electrons. The lowest BCUT2D eigenvalue weighted by Crippen LogP contribution is -2.30. The fourth-order valence-corrected chi connectivity index (χ4v) is 1.18. The van der Waals surface area contributed by atoms with E-state index in [0.29, 0.717) is 6.54 Å². The van der Waals surface area contributed by atoms with E-state index >= 15 is 0 Å². The third-order valence-corrected chi connectivity index (χ3v) is 1.86. The van der Waals surface area contributed by atoms with E-state index in [2.05, 4.69) is 10.4 Å². The van der Waals surface area contributed by atoms with Gasteiger partial charge in [-0.2, -0.15) is 5.10 Å². The van der Waals surface area contributed by atoms with E-state index in [-0.39, 0.29) is 6.04 Å². The average molecular weight is 209 g/mol. The summed E-state index contributed by atoms with van der Waals surface area (Å²) in [6.07, 6.45) is 6.35. The minimum atomic E-state index is -0.920. The summed E-state index contributed by atoms with van der Waals surface area (Å²) in [5.74, 6) is -0.920. The van der Waals surface area contributed by atoms with E-state index in [4.69, 9.17) is 5.11 Å². The number of carbonyl (C=O) groups is 1. The fraction of sp³-hybridized carbons (Fsp3) is 0.400. The van der Waals surface area contributed by atoms with E-state index in [1.165, 1.54) is 0 Å². The van der Waals surface area contributed by atoms with Gasteiger partial charge in [0.15, 0.2) is 0 Å². The second kappa shape index (κ2) is 5.98. The van der Waals surface area contributed by atoms with Gasteiger partial charge in [0, 0.05) is 31.1 Å². The van der Waals surface area contributed by atoms with E-state index < -0.39 is 5.97 Å². The zero-order valence-corrected chi connectivity index (χ0v) is 8.63. The smallest absolute Gasteiger partial charge is 0.328 e. The van der Waals surface area contributed by atoms with Crippen LogP contribution in [-0.4, -0.2) is 33.4 Å². The molecule has 0 fully saturated rings. The van der Waals surface area contributed by atoms with Gasteiger partial charge in [-0.3, -0.25) is 4.68 Å². The SMILES string of the molecule is CC(Cn1cccn1)NC/C=C/C(=O)O. The van der Waals surface area contributed by atoms with E-state index in [0.717, 1.165) is 12.6 Å². The lowest BCUT2D eigenvalue weighted by atomic mass is 10.3. The molecule has 0 aromatic carbocycles. The van der Waals surface area contributed by atoms with Gasteiger partial charge in [-0.1, -0.05) is 6.08 Å². The van der Waals surface area contributed by atoms with Crippen LogP contribution in [0.2, 0.25) is 0 Å². The molecule has 0 saturated carbocycles. The Bertz CT molecular complexity index is 319. The Kier molecular flexibility index (Phi) is 4.56. The Morgan fingerprint density at radius 3 is 3.13 bits per heavy atom. The topological polar surface area (TPSA) is 67.2 Å². The molecule has 0 spiro atoms. The molecule has 1 aromatic heterocycles. The third kappa shape index (κ3) is 4.97. The van der Waals surface area contributed by atoms with Crippen LogP contribution in [0.5, 0.6) is 0 Å². The van der Waals surface area contributed by atoms with Crippen LogP contribution < -0.4 is 5.32 Å². The molecule has 0 saturated heterocycles. The highest BCUT2D eigenvalue weighted by molar-refractivity contribution is 5.79. The van der Waals surface area contributed by atoms with Crippen molar-refractivity contribution in [3.8, 4) is 0 Å². The van der Waals surface area contributed by atoms with Crippen LogP contribution >= 0.6 is 0 Å². The first-order valence-corrected chi connectivity index (χ1v) is 4.79. The molecule has 0 aliphatic carbocycles. The van der Waals surface area contributed by atoms with Crippen LogP contribution in [0.4, 0.5) is 0 Å². The maximum absolute atomic E-state index is 10.2. The summed E-state index contributed by atoms with van der Waals surface area (Å²) in [7, 11) is 0. The van der Waals surface area contributed by atoms with Crippen LogP contribution in [0, 0.1) is 0 Å². The molecule has 1 aromatic rings. The minimum absolute atomic E-state index is 0.253. The number of hydrogen-bond acceptors (Lipinski definition) is 3. The maximum Gasteiger partial charge on any atom is 0.328 e. The Morgan fingerprint density at radius 1 is 1.73 bits per heavy atom. The van der Waals surface area contributed by atoms with Crippen LogP contribution in [0.25, 0.3) is 0 Å². The summed E-state index contributed by atoms with van der Waals surface area (Å²) < 4.78 is 1.83. The van der Waals surface area contributed by atoms with Crippen molar-refractivity contribution >= 4 is 5.97 Å². The molecule has 2 N–H and O–H groups in total. The van der Waals surface area contributed by atoms with Gasteiger partial charge in [0.25, 0.3) is 0 Å². The molecule has 5 heteroatoms. The standard InChI is InChI=1S/C10H15N3O2/c1-9(8-13-7-3-6-12-13)11-5-2-4-10(14)15/h2-4,6-7,9,11H,5,8H2,1H3,(H,14,15)/b4-2+. The number of carboxylic acids is 1. The maximum atomic E-state index is 10.2. The largest absolute Gasteiger partial charge is 0.478 e. The van der Waals surface area contributed by atoms with Gasteiger partial charge in [-0.15, -0.1) is 0 Å². The van der Waals surface area contributed by atoms with E-state index in [1.807, 2.05) is 23.9 Å². The van der Waals surface area contributed by atoms with Gasteiger partial charge < -0.3 is 10.4 Å². The second-order valence-electron chi connectivity index (χ2n) is 3.28. The van der Waals surface area contributed by atoms with E-state index in [9.17, 15) is 4.79 Å². The molecule has 5 nitrogen and oxygen atoms in total. The van der Waals surface area contributed by atoms with Crippen molar-refractivity contribution in [2.24, 2.45) is 0 Å². The van der Waals surface area contributed by atoms with Gasteiger partial charge in [0.1, 0.15) is 0 Å². The highest BCUT2D eigenvalue weighted by Crippen LogP contribution is 1.89.